The van der Waals surface area contributed by atoms with Gasteiger partial charge < -0.3 is 15.6 Å². The molecule has 4 nitrogen and oxygen atoms in total. The van der Waals surface area contributed by atoms with Crippen LogP contribution in [0, 0.1) is 0 Å². The minimum atomic E-state index is -1.24. The molecule has 0 saturated heterocycles. The van der Waals surface area contributed by atoms with E-state index in [1.54, 1.807) is 0 Å². The molecule has 0 atom stereocenters. The van der Waals surface area contributed by atoms with Gasteiger partial charge in [-0.2, -0.15) is 0 Å². The number of nitrogens with two attached hydrogens (primary N) is 1. The summed E-state index contributed by atoms with van der Waals surface area (Å²) in [5, 5.41) is 8.15. The standard InChI is InChI=1S/C8H8O3.C7H9N/c9-8(10)11-6-7-4-2-1-3-5-7;8-6-7-4-2-1-3-5-7/h1-5H,6H2,(H,9,10);1-5H,6,8H2. The molecule has 0 unspecified atom stereocenters. The van der Waals surface area contributed by atoms with Crippen LogP contribution in [0.2, 0.25) is 0 Å². The molecule has 100 valence electrons. The van der Waals surface area contributed by atoms with Crippen molar-refractivity contribution >= 4 is 6.16 Å². The van der Waals surface area contributed by atoms with Crippen LogP contribution in [0.3, 0.4) is 0 Å². The Kier molecular flexibility index (Phi) is 6.76. The van der Waals surface area contributed by atoms with Crippen LogP contribution in [-0.4, -0.2) is 11.3 Å². The second-order valence-corrected chi connectivity index (χ2v) is 3.73. The van der Waals surface area contributed by atoms with Gasteiger partial charge in [0.2, 0.25) is 0 Å². The van der Waals surface area contributed by atoms with E-state index in [0.29, 0.717) is 6.54 Å². The van der Waals surface area contributed by atoms with Gasteiger partial charge in [-0.15, -0.1) is 0 Å². The maximum atomic E-state index is 9.95. The lowest BCUT2D eigenvalue weighted by Crippen LogP contribution is -1.99. The normalized spacial score (nSPS) is 9.11. The Morgan fingerprint density at radius 3 is 1.79 bits per heavy atom. The fourth-order valence-corrected chi connectivity index (χ4v) is 1.33. The van der Waals surface area contributed by atoms with Gasteiger partial charge in [-0.3, -0.25) is 0 Å². The molecule has 0 amide bonds. The molecule has 0 heterocycles. The first-order valence-corrected chi connectivity index (χ1v) is 5.86. The average molecular weight is 259 g/mol. The minimum Gasteiger partial charge on any atom is -0.450 e. The number of carboxylic acid groups (broad SMARTS) is 1. The van der Waals surface area contributed by atoms with Crippen LogP contribution < -0.4 is 5.73 Å². The van der Waals surface area contributed by atoms with Crippen LogP contribution in [0.5, 0.6) is 0 Å². The van der Waals surface area contributed by atoms with Crippen molar-refractivity contribution in [1.82, 2.24) is 0 Å². The number of hydrogen-bond acceptors (Lipinski definition) is 3. The van der Waals surface area contributed by atoms with E-state index in [1.165, 1.54) is 5.56 Å². The van der Waals surface area contributed by atoms with Crippen molar-refractivity contribution in [2.45, 2.75) is 13.2 Å². The molecule has 0 aliphatic rings. The third kappa shape index (κ3) is 6.85. The smallest absolute Gasteiger partial charge is 0.450 e. The van der Waals surface area contributed by atoms with Gasteiger partial charge in [-0.25, -0.2) is 4.79 Å². The highest BCUT2D eigenvalue weighted by Crippen LogP contribution is 1.99. The van der Waals surface area contributed by atoms with E-state index in [0.717, 1.165) is 5.56 Å². The van der Waals surface area contributed by atoms with Crippen molar-refractivity contribution in [2.75, 3.05) is 0 Å². The van der Waals surface area contributed by atoms with Gasteiger partial charge in [0.15, 0.2) is 0 Å². The highest BCUT2D eigenvalue weighted by Gasteiger charge is 1.95. The molecule has 0 fully saturated rings. The van der Waals surface area contributed by atoms with Crippen LogP contribution in [0.15, 0.2) is 60.7 Å². The number of ether oxygens (including phenoxy) is 1. The Hall–Kier alpha value is -2.33. The Labute approximate surface area is 112 Å². The lowest BCUT2D eigenvalue weighted by Gasteiger charge is -1.98. The molecule has 0 aliphatic carbocycles. The Bertz CT molecular complexity index is 471. The summed E-state index contributed by atoms with van der Waals surface area (Å²) in [5.41, 5.74) is 7.39. The number of hydrogen-bond donors (Lipinski definition) is 2. The van der Waals surface area contributed by atoms with Gasteiger partial charge in [0, 0.05) is 6.54 Å². The number of rotatable bonds is 3. The molecule has 2 aromatic carbocycles. The predicted octanol–water partition coefficient (Wildman–Crippen LogP) is 3.03. The van der Waals surface area contributed by atoms with E-state index >= 15 is 0 Å². The topological polar surface area (TPSA) is 72.6 Å². The SMILES string of the molecule is NCc1ccccc1.O=C(O)OCc1ccccc1. The molecule has 3 N–H and O–H groups in total. The van der Waals surface area contributed by atoms with Crippen LogP contribution in [0.1, 0.15) is 11.1 Å². The summed E-state index contributed by atoms with van der Waals surface area (Å²) in [6.07, 6.45) is -1.24. The molecule has 0 aliphatic heterocycles. The first-order chi connectivity index (χ1) is 9.22. The summed E-state index contributed by atoms with van der Waals surface area (Å²) in [5.74, 6) is 0. The Morgan fingerprint density at radius 1 is 0.947 bits per heavy atom. The summed E-state index contributed by atoms with van der Waals surface area (Å²) in [7, 11) is 0. The zero-order valence-corrected chi connectivity index (χ0v) is 10.5. The molecule has 19 heavy (non-hydrogen) atoms. The lowest BCUT2D eigenvalue weighted by atomic mass is 10.2. The summed E-state index contributed by atoms with van der Waals surface area (Å²) >= 11 is 0. The fourth-order valence-electron chi connectivity index (χ4n) is 1.33. The molecule has 2 rings (SSSR count). The van der Waals surface area contributed by atoms with Crippen molar-refractivity contribution in [3.8, 4) is 0 Å². The zero-order chi connectivity index (χ0) is 13.9. The van der Waals surface area contributed by atoms with E-state index in [1.807, 2.05) is 60.7 Å². The maximum Gasteiger partial charge on any atom is 0.506 e. The highest BCUT2D eigenvalue weighted by molar-refractivity contribution is 5.56. The van der Waals surface area contributed by atoms with Gasteiger partial charge in [0.1, 0.15) is 6.61 Å². The van der Waals surface area contributed by atoms with Crippen LogP contribution >= 0.6 is 0 Å². The lowest BCUT2D eigenvalue weighted by molar-refractivity contribution is 0.0854. The molecule has 0 bridgehead atoms. The summed E-state index contributed by atoms with van der Waals surface area (Å²) in [6.45, 7) is 0.761. The number of carbonyl (C=O) groups is 1. The van der Waals surface area contributed by atoms with E-state index in [4.69, 9.17) is 10.8 Å². The molecule has 0 radical (unpaired) electrons. The van der Waals surface area contributed by atoms with Crippen LogP contribution in [0.25, 0.3) is 0 Å². The Balaban J connectivity index is 0.000000200. The van der Waals surface area contributed by atoms with E-state index in [-0.39, 0.29) is 6.61 Å². The van der Waals surface area contributed by atoms with Crippen molar-refractivity contribution in [3.63, 3.8) is 0 Å². The second kappa shape index (κ2) is 8.72. The van der Waals surface area contributed by atoms with Gasteiger partial charge in [0.05, 0.1) is 0 Å². The number of benzene rings is 2. The third-order valence-electron chi connectivity index (χ3n) is 2.28. The molecule has 2 aromatic rings. The summed E-state index contributed by atoms with van der Waals surface area (Å²) in [6, 6.07) is 19.1. The van der Waals surface area contributed by atoms with E-state index < -0.39 is 6.16 Å². The molecular weight excluding hydrogens is 242 g/mol. The maximum absolute atomic E-state index is 9.95. The predicted molar refractivity (Wildman–Crippen MR) is 73.6 cm³/mol. The van der Waals surface area contributed by atoms with Gasteiger partial charge in [-0.1, -0.05) is 60.7 Å². The molecule has 0 aromatic heterocycles. The quantitative estimate of drug-likeness (QED) is 0.831. The van der Waals surface area contributed by atoms with Gasteiger partial charge in [0.25, 0.3) is 0 Å². The van der Waals surface area contributed by atoms with Gasteiger partial charge in [-0.05, 0) is 11.1 Å². The second-order valence-electron chi connectivity index (χ2n) is 3.73. The monoisotopic (exact) mass is 259 g/mol. The highest BCUT2D eigenvalue weighted by atomic mass is 16.7. The van der Waals surface area contributed by atoms with Crippen LogP contribution in [-0.2, 0) is 17.9 Å². The average Bonchev–Trinajstić information content (AvgIpc) is 2.48. The summed E-state index contributed by atoms with van der Waals surface area (Å²) in [4.78, 5) is 9.95. The Morgan fingerprint density at radius 2 is 1.42 bits per heavy atom. The molecule has 4 heteroatoms. The van der Waals surface area contributed by atoms with Crippen molar-refractivity contribution in [1.29, 1.82) is 0 Å². The van der Waals surface area contributed by atoms with Crippen molar-refractivity contribution in [2.24, 2.45) is 5.73 Å². The molecule has 0 saturated carbocycles. The largest absolute Gasteiger partial charge is 0.506 e. The molecular formula is C15H17NO3. The van der Waals surface area contributed by atoms with Crippen molar-refractivity contribution in [3.05, 3.63) is 71.8 Å². The van der Waals surface area contributed by atoms with Crippen molar-refractivity contribution < 1.29 is 14.6 Å². The first kappa shape index (κ1) is 14.7. The minimum absolute atomic E-state index is 0.121. The summed E-state index contributed by atoms with van der Waals surface area (Å²) < 4.78 is 4.34. The van der Waals surface area contributed by atoms with E-state index in [9.17, 15) is 4.79 Å². The first-order valence-electron chi connectivity index (χ1n) is 5.86. The van der Waals surface area contributed by atoms with Crippen LogP contribution in [0.4, 0.5) is 4.79 Å². The molecule has 0 spiro atoms. The van der Waals surface area contributed by atoms with E-state index in [2.05, 4.69) is 4.74 Å². The fraction of sp³-hybridized carbons (Fsp3) is 0.133. The van der Waals surface area contributed by atoms with Gasteiger partial charge >= 0.3 is 6.16 Å². The zero-order valence-electron chi connectivity index (χ0n) is 10.5. The third-order valence-corrected chi connectivity index (χ3v) is 2.28.